The number of aryl methyl sites for hydroxylation is 2. The van der Waals surface area contributed by atoms with E-state index >= 15 is 0 Å². The molecule has 3 aromatic rings. The van der Waals surface area contributed by atoms with E-state index in [1.165, 1.54) is 16.0 Å². The number of piperazine rings is 1. The molecule has 0 atom stereocenters. The summed E-state index contributed by atoms with van der Waals surface area (Å²) in [4.78, 5) is 24.2. The van der Waals surface area contributed by atoms with Crippen molar-refractivity contribution in [1.29, 1.82) is 0 Å². The second-order valence-electron chi connectivity index (χ2n) is 7.12. The molecule has 1 aliphatic heterocycles. The molecule has 2 aromatic heterocycles. The molecule has 146 valence electrons. The fraction of sp³-hybridized carbons (Fsp3) is 0.364. The van der Waals surface area contributed by atoms with Crippen LogP contribution in [-0.2, 0) is 13.0 Å². The summed E-state index contributed by atoms with van der Waals surface area (Å²) < 4.78 is 0. The van der Waals surface area contributed by atoms with Gasteiger partial charge in [0.15, 0.2) is 0 Å². The van der Waals surface area contributed by atoms with Crippen LogP contribution in [0.2, 0.25) is 0 Å². The van der Waals surface area contributed by atoms with Gasteiger partial charge < -0.3 is 4.90 Å². The van der Waals surface area contributed by atoms with Crippen LogP contribution in [0.1, 0.15) is 32.7 Å². The van der Waals surface area contributed by atoms with Crippen LogP contribution in [0, 0.1) is 6.92 Å². The lowest BCUT2D eigenvalue weighted by Crippen LogP contribution is -2.48. The lowest BCUT2D eigenvalue weighted by Gasteiger charge is -2.34. The summed E-state index contributed by atoms with van der Waals surface area (Å²) in [5, 5.41) is 3.23. The molecule has 1 amide bonds. The molecule has 0 spiro atoms. The average Bonchev–Trinajstić information content (AvgIpc) is 3.35. The molecule has 0 aliphatic carbocycles. The van der Waals surface area contributed by atoms with Gasteiger partial charge in [0.2, 0.25) is 0 Å². The molecule has 0 N–H and O–H groups in total. The lowest BCUT2D eigenvalue weighted by molar-refractivity contribution is 0.0632. The molecule has 28 heavy (non-hydrogen) atoms. The van der Waals surface area contributed by atoms with Gasteiger partial charge in [0, 0.05) is 48.5 Å². The first kappa shape index (κ1) is 19.3. The van der Waals surface area contributed by atoms with Crippen molar-refractivity contribution in [2.75, 3.05) is 26.2 Å². The van der Waals surface area contributed by atoms with Crippen molar-refractivity contribution >= 4 is 28.6 Å². The highest BCUT2D eigenvalue weighted by Crippen LogP contribution is 2.25. The van der Waals surface area contributed by atoms with Gasteiger partial charge in [-0.3, -0.25) is 9.69 Å². The predicted octanol–water partition coefficient (Wildman–Crippen LogP) is 4.70. The van der Waals surface area contributed by atoms with Crippen molar-refractivity contribution in [3.63, 3.8) is 0 Å². The molecule has 1 aliphatic rings. The van der Waals surface area contributed by atoms with Crippen molar-refractivity contribution in [3.05, 3.63) is 62.8 Å². The van der Waals surface area contributed by atoms with Crippen LogP contribution in [0.5, 0.6) is 0 Å². The smallest absolute Gasteiger partial charge is 0.264 e. The van der Waals surface area contributed by atoms with Gasteiger partial charge in [0.25, 0.3) is 5.91 Å². The minimum atomic E-state index is 0.187. The van der Waals surface area contributed by atoms with Crippen LogP contribution in [0.15, 0.2) is 41.8 Å². The number of hydrogen-bond donors (Lipinski definition) is 0. The molecule has 1 aromatic carbocycles. The number of thiazole rings is 1. The highest BCUT2D eigenvalue weighted by Gasteiger charge is 2.24. The first-order valence-electron chi connectivity index (χ1n) is 9.75. The van der Waals surface area contributed by atoms with Crippen molar-refractivity contribution < 1.29 is 4.79 Å². The van der Waals surface area contributed by atoms with Crippen molar-refractivity contribution in [2.45, 2.75) is 26.8 Å². The Hall–Kier alpha value is -2.02. The number of nitrogens with zero attached hydrogens (tertiary/aromatic N) is 3. The van der Waals surface area contributed by atoms with Gasteiger partial charge in [-0.05, 0) is 25.0 Å². The van der Waals surface area contributed by atoms with Crippen LogP contribution in [0.3, 0.4) is 0 Å². The molecule has 0 unspecified atom stereocenters. The van der Waals surface area contributed by atoms with Gasteiger partial charge in [-0.1, -0.05) is 37.3 Å². The minimum absolute atomic E-state index is 0.187. The van der Waals surface area contributed by atoms with Crippen molar-refractivity contribution in [2.24, 2.45) is 0 Å². The van der Waals surface area contributed by atoms with Gasteiger partial charge in [-0.15, -0.1) is 22.7 Å². The molecule has 3 heterocycles. The molecule has 0 radical (unpaired) electrons. The zero-order chi connectivity index (χ0) is 19.5. The summed E-state index contributed by atoms with van der Waals surface area (Å²) >= 11 is 3.33. The second kappa shape index (κ2) is 8.55. The summed E-state index contributed by atoms with van der Waals surface area (Å²) in [6, 6.07) is 12.4. The first-order chi connectivity index (χ1) is 13.6. The molecule has 6 heteroatoms. The molecule has 4 nitrogen and oxygen atoms in total. The highest BCUT2D eigenvalue weighted by atomic mass is 32.1. The maximum absolute atomic E-state index is 12.8. The maximum atomic E-state index is 12.8. The third-order valence-corrected chi connectivity index (χ3v) is 7.25. The predicted molar refractivity (Wildman–Crippen MR) is 117 cm³/mol. The molecule has 1 fully saturated rings. The van der Waals surface area contributed by atoms with E-state index in [9.17, 15) is 4.79 Å². The van der Waals surface area contributed by atoms with Gasteiger partial charge in [0.05, 0.1) is 10.6 Å². The van der Waals surface area contributed by atoms with Gasteiger partial charge >= 0.3 is 0 Å². The van der Waals surface area contributed by atoms with E-state index in [-0.39, 0.29) is 5.91 Å². The number of aromatic nitrogens is 1. The van der Waals surface area contributed by atoms with E-state index < -0.39 is 0 Å². The second-order valence-corrected chi connectivity index (χ2v) is 9.24. The number of hydrogen-bond acceptors (Lipinski definition) is 5. The topological polar surface area (TPSA) is 36.4 Å². The standard InChI is InChI=1S/C22H25N3OS2/c1-3-17-13-20(28-16(17)2)22(26)25-11-9-24(10-12-25)14-19-15-27-21(23-19)18-7-5-4-6-8-18/h4-8,13,15H,3,9-12,14H2,1-2H3. The van der Waals surface area contributed by atoms with E-state index in [2.05, 4.69) is 42.3 Å². The average molecular weight is 412 g/mol. The molecule has 1 saturated heterocycles. The normalized spacial score (nSPS) is 15.1. The van der Waals surface area contributed by atoms with E-state index in [0.717, 1.165) is 54.7 Å². The van der Waals surface area contributed by atoms with Gasteiger partial charge in [-0.2, -0.15) is 0 Å². The highest BCUT2D eigenvalue weighted by molar-refractivity contribution is 7.14. The third kappa shape index (κ3) is 4.19. The summed E-state index contributed by atoms with van der Waals surface area (Å²) in [5.74, 6) is 0.187. The van der Waals surface area contributed by atoms with Crippen LogP contribution in [-0.4, -0.2) is 46.9 Å². The number of benzene rings is 1. The number of amides is 1. The Balaban J connectivity index is 1.33. The lowest BCUT2D eigenvalue weighted by atomic mass is 10.2. The molecular weight excluding hydrogens is 386 g/mol. The minimum Gasteiger partial charge on any atom is -0.335 e. The number of thiophene rings is 1. The fourth-order valence-electron chi connectivity index (χ4n) is 3.56. The zero-order valence-electron chi connectivity index (χ0n) is 16.4. The zero-order valence-corrected chi connectivity index (χ0v) is 18.0. The van der Waals surface area contributed by atoms with E-state index in [0.29, 0.717) is 0 Å². The van der Waals surface area contributed by atoms with Crippen molar-refractivity contribution in [1.82, 2.24) is 14.8 Å². The Morgan fingerprint density at radius 3 is 2.57 bits per heavy atom. The van der Waals surface area contributed by atoms with Crippen molar-refractivity contribution in [3.8, 4) is 10.6 Å². The van der Waals surface area contributed by atoms with E-state index in [1.54, 1.807) is 22.7 Å². The summed E-state index contributed by atoms with van der Waals surface area (Å²) in [6.45, 7) is 8.46. The summed E-state index contributed by atoms with van der Waals surface area (Å²) in [6.07, 6.45) is 0.988. The monoisotopic (exact) mass is 411 g/mol. The fourth-order valence-corrected chi connectivity index (χ4v) is 5.46. The Kier molecular flexibility index (Phi) is 5.90. The number of carbonyl (C=O) groups is 1. The summed E-state index contributed by atoms with van der Waals surface area (Å²) in [5.41, 5.74) is 3.58. The number of rotatable bonds is 5. The summed E-state index contributed by atoms with van der Waals surface area (Å²) in [7, 11) is 0. The maximum Gasteiger partial charge on any atom is 0.264 e. The van der Waals surface area contributed by atoms with Crippen LogP contribution in [0.25, 0.3) is 10.6 Å². The van der Waals surface area contributed by atoms with E-state index in [4.69, 9.17) is 4.98 Å². The molecule has 4 rings (SSSR count). The number of carbonyl (C=O) groups excluding carboxylic acids is 1. The Bertz CT molecular complexity index is 940. The Morgan fingerprint density at radius 1 is 1.14 bits per heavy atom. The Labute approximate surface area is 174 Å². The van der Waals surface area contributed by atoms with Crippen LogP contribution >= 0.6 is 22.7 Å². The molecule has 0 saturated carbocycles. The quantitative estimate of drug-likeness (QED) is 0.611. The van der Waals surface area contributed by atoms with E-state index in [1.807, 2.05) is 23.1 Å². The molecular formula is C22H25N3OS2. The third-order valence-electron chi connectivity index (χ3n) is 5.23. The first-order valence-corrected chi connectivity index (χ1v) is 11.4. The van der Waals surface area contributed by atoms with Crippen LogP contribution in [0.4, 0.5) is 0 Å². The largest absolute Gasteiger partial charge is 0.335 e. The molecule has 0 bridgehead atoms. The van der Waals surface area contributed by atoms with Gasteiger partial charge in [0.1, 0.15) is 5.01 Å². The van der Waals surface area contributed by atoms with Gasteiger partial charge in [-0.25, -0.2) is 4.98 Å². The Morgan fingerprint density at radius 2 is 1.89 bits per heavy atom. The SMILES string of the molecule is CCc1cc(C(=O)N2CCN(Cc3csc(-c4ccccc4)n3)CC2)sc1C. The van der Waals surface area contributed by atoms with Crippen LogP contribution < -0.4 is 0 Å².